The van der Waals surface area contributed by atoms with Crippen LogP contribution in [0.15, 0.2) is 24.3 Å². The Balaban J connectivity index is 2.46. The molecule has 1 rings (SSSR count). The highest BCUT2D eigenvalue weighted by Crippen LogP contribution is 2.10. The van der Waals surface area contributed by atoms with Crippen LogP contribution in [-0.2, 0) is 11.3 Å². The summed E-state index contributed by atoms with van der Waals surface area (Å²) in [7, 11) is 1.83. The van der Waals surface area contributed by atoms with Gasteiger partial charge in [-0.05, 0) is 30.9 Å². The van der Waals surface area contributed by atoms with Gasteiger partial charge in [-0.15, -0.1) is 0 Å². The molecular formula is C14H21NO2. The van der Waals surface area contributed by atoms with Gasteiger partial charge in [-0.25, -0.2) is 0 Å². The van der Waals surface area contributed by atoms with E-state index in [1.54, 1.807) is 4.90 Å². The van der Waals surface area contributed by atoms with E-state index >= 15 is 0 Å². The van der Waals surface area contributed by atoms with Crippen LogP contribution in [0.5, 0.6) is 0 Å². The van der Waals surface area contributed by atoms with Crippen LogP contribution < -0.4 is 0 Å². The molecular weight excluding hydrogens is 214 g/mol. The Kier molecular flexibility index (Phi) is 5.70. The topological polar surface area (TPSA) is 40.5 Å². The van der Waals surface area contributed by atoms with E-state index in [1.807, 2.05) is 25.2 Å². The largest absolute Gasteiger partial charge is 0.396 e. The summed E-state index contributed by atoms with van der Waals surface area (Å²) in [6.07, 6.45) is 1.97. The summed E-state index contributed by atoms with van der Waals surface area (Å²) >= 11 is 0. The van der Waals surface area contributed by atoms with Crippen LogP contribution in [0.3, 0.4) is 0 Å². The summed E-state index contributed by atoms with van der Waals surface area (Å²) in [5.41, 5.74) is 2.40. The number of amides is 1. The van der Waals surface area contributed by atoms with Gasteiger partial charge in [0, 0.05) is 26.6 Å². The summed E-state index contributed by atoms with van der Waals surface area (Å²) in [5.74, 6) is 0.140. The van der Waals surface area contributed by atoms with Gasteiger partial charge >= 0.3 is 0 Å². The number of unbranched alkanes of at least 4 members (excludes halogenated alkanes) is 1. The van der Waals surface area contributed by atoms with E-state index < -0.39 is 0 Å². The normalized spacial score (nSPS) is 10.3. The van der Waals surface area contributed by atoms with Crippen molar-refractivity contribution in [2.45, 2.75) is 32.7 Å². The molecule has 0 saturated heterocycles. The molecule has 1 aromatic carbocycles. The Morgan fingerprint density at radius 3 is 2.65 bits per heavy atom. The number of aryl methyl sites for hydroxylation is 1. The highest BCUT2D eigenvalue weighted by molar-refractivity contribution is 5.75. The van der Waals surface area contributed by atoms with E-state index in [1.165, 1.54) is 11.1 Å². The van der Waals surface area contributed by atoms with E-state index in [0.717, 1.165) is 6.42 Å². The van der Waals surface area contributed by atoms with Crippen LogP contribution in [0.4, 0.5) is 0 Å². The second-order valence-electron chi connectivity index (χ2n) is 4.36. The quantitative estimate of drug-likeness (QED) is 0.767. The van der Waals surface area contributed by atoms with Crippen molar-refractivity contribution in [3.8, 4) is 0 Å². The van der Waals surface area contributed by atoms with Crippen molar-refractivity contribution in [1.29, 1.82) is 0 Å². The summed E-state index contributed by atoms with van der Waals surface area (Å²) < 4.78 is 0. The maximum Gasteiger partial charge on any atom is 0.222 e. The van der Waals surface area contributed by atoms with Crippen LogP contribution in [0.1, 0.15) is 30.4 Å². The Hall–Kier alpha value is -1.35. The zero-order valence-corrected chi connectivity index (χ0v) is 10.6. The first-order valence-electron chi connectivity index (χ1n) is 6.04. The minimum absolute atomic E-state index is 0.140. The standard InChI is InChI=1S/C14H21NO2/c1-12-7-3-4-8-13(12)11-15(2)14(17)9-5-6-10-16/h3-4,7-8,16H,5-6,9-11H2,1-2H3. The van der Waals surface area contributed by atoms with Crippen molar-refractivity contribution in [2.75, 3.05) is 13.7 Å². The van der Waals surface area contributed by atoms with E-state index in [9.17, 15) is 4.79 Å². The first kappa shape index (κ1) is 13.7. The first-order valence-corrected chi connectivity index (χ1v) is 6.04. The highest BCUT2D eigenvalue weighted by atomic mass is 16.3. The van der Waals surface area contributed by atoms with Crippen LogP contribution in [-0.4, -0.2) is 29.6 Å². The van der Waals surface area contributed by atoms with Crippen LogP contribution in [0.25, 0.3) is 0 Å². The van der Waals surface area contributed by atoms with Crippen molar-refractivity contribution >= 4 is 5.91 Å². The molecule has 0 bridgehead atoms. The lowest BCUT2D eigenvalue weighted by Crippen LogP contribution is -2.26. The second-order valence-corrected chi connectivity index (χ2v) is 4.36. The van der Waals surface area contributed by atoms with Gasteiger partial charge in [0.15, 0.2) is 0 Å². The fourth-order valence-electron chi connectivity index (χ4n) is 1.71. The summed E-state index contributed by atoms with van der Waals surface area (Å²) in [5, 5.41) is 8.66. The molecule has 0 aliphatic rings. The Bertz CT molecular complexity index is 363. The summed E-state index contributed by atoms with van der Waals surface area (Å²) in [4.78, 5) is 13.5. The first-order chi connectivity index (χ1) is 8.15. The van der Waals surface area contributed by atoms with Gasteiger partial charge in [-0.1, -0.05) is 24.3 Å². The van der Waals surface area contributed by atoms with Gasteiger partial charge in [0.25, 0.3) is 0 Å². The third kappa shape index (κ3) is 4.57. The molecule has 0 aliphatic heterocycles. The molecule has 17 heavy (non-hydrogen) atoms. The molecule has 0 spiro atoms. The third-order valence-electron chi connectivity index (χ3n) is 2.89. The lowest BCUT2D eigenvalue weighted by Gasteiger charge is -2.18. The van der Waals surface area contributed by atoms with Gasteiger partial charge in [0.05, 0.1) is 0 Å². The van der Waals surface area contributed by atoms with Crippen LogP contribution >= 0.6 is 0 Å². The van der Waals surface area contributed by atoms with E-state index in [2.05, 4.69) is 13.0 Å². The number of aliphatic hydroxyl groups is 1. The van der Waals surface area contributed by atoms with E-state index in [-0.39, 0.29) is 12.5 Å². The molecule has 1 amide bonds. The maximum atomic E-state index is 11.8. The highest BCUT2D eigenvalue weighted by Gasteiger charge is 2.09. The van der Waals surface area contributed by atoms with Gasteiger partial charge < -0.3 is 10.0 Å². The van der Waals surface area contributed by atoms with Gasteiger partial charge in [-0.2, -0.15) is 0 Å². The zero-order chi connectivity index (χ0) is 12.7. The third-order valence-corrected chi connectivity index (χ3v) is 2.89. The minimum atomic E-state index is 0.140. The number of benzene rings is 1. The van der Waals surface area contributed by atoms with Crippen LogP contribution in [0.2, 0.25) is 0 Å². The summed E-state index contributed by atoms with van der Waals surface area (Å²) in [6, 6.07) is 8.10. The number of aliphatic hydroxyl groups excluding tert-OH is 1. The molecule has 0 radical (unpaired) electrons. The van der Waals surface area contributed by atoms with Gasteiger partial charge in [0.2, 0.25) is 5.91 Å². The van der Waals surface area contributed by atoms with Crippen molar-refractivity contribution in [3.05, 3.63) is 35.4 Å². The van der Waals surface area contributed by atoms with E-state index in [0.29, 0.717) is 19.4 Å². The molecule has 1 aromatic rings. The van der Waals surface area contributed by atoms with Gasteiger partial charge in [-0.3, -0.25) is 4.79 Å². The number of hydrogen-bond donors (Lipinski definition) is 1. The number of rotatable bonds is 6. The molecule has 0 aromatic heterocycles. The monoisotopic (exact) mass is 235 g/mol. The second kappa shape index (κ2) is 7.07. The molecule has 3 heteroatoms. The van der Waals surface area contributed by atoms with Crippen molar-refractivity contribution in [3.63, 3.8) is 0 Å². The van der Waals surface area contributed by atoms with Gasteiger partial charge in [0.1, 0.15) is 0 Å². The van der Waals surface area contributed by atoms with Crippen LogP contribution in [0, 0.1) is 6.92 Å². The lowest BCUT2D eigenvalue weighted by atomic mass is 10.1. The predicted octanol–water partition coefficient (Wildman–Crippen LogP) is 2.12. The minimum Gasteiger partial charge on any atom is -0.396 e. The van der Waals surface area contributed by atoms with Crippen molar-refractivity contribution in [1.82, 2.24) is 4.90 Å². The number of nitrogens with zero attached hydrogens (tertiary/aromatic N) is 1. The fourth-order valence-corrected chi connectivity index (χ4v) is 1.71. The van der Waals surface area contributed by atoms with Crippen molar-refractivity contribution < 1.29 is 9.90 Å². The Labute approximate surface area is 103 Å². The molecule has 0 unspecified atom stereocenters. The maximum absolute atomic E-state index is 11.8. The molecule has 1 N–H and O–H groups in total. The molecule has 94 valence electrons. The molecule has 0 saturated carbocycles. The molecule has 3 nitrogen and oxygen atoms in total. The predicted molar refractivity (Wildman–Crippen MR) is 68.6 cm³/mol. The summed E-state index contributed by atoms with van der Waals surface area (Å²) in [6.45, 7) is 2.87. The number of carbonyl (C=O) groups excluding carboxylic acids is 1. The number of hydrogen-bond acceptors (Lipinski definition) is 2. The molecule has 0 heterocycles. The Morgan fingerprint density at radius 2 is 2.00 bits per heavy atom. The van der Waals surface area contributed by atoms with Crippen molar-refractivity contribution in [2.24, 2.45) is 0 Å². The molecule has 0 atom stereocenters. The average molecular weight is 235 g/mol. The zero-order valence-electron chi connectivity index (χ0n) is 10.6. The smallest absolute Gasteiger partial charge is 0.222 e. The Morgan fingerprint density at radius 1 is 1.29 bits per heavy atom. The fraction of sp³-hybridized carbons (Fsp3) is 0.500. The molecule has 0 aliphatic carbocycles. The average Bonchev–Trinajstić information content (AvgIpc) is 2.32. The number of carbonyl (C=O) groups is 1. The van der Waals surface area contributed by atoms with E-state index in [4.69, 9.17) is 5.11 Å². The molecule has 0 fully saturated rings. The SMILES string of the molecule is Cc1ccccc1CN(C)C(=O)CCCCO. The lowest BCUT2D eigenvalue weighted by molar-refractivity contribution is -0.130.